The summed E-state index contributed by atoms with van der Waals surface area (Å²) in [5.41, 5.74) is 0.834. The Labute approximate surface area is 109 Å². The fourth-order valence-electron chi connectivity index (χ4n) is 1.54. The number of halogens is 3. The Morgan fingerprint density at radius 2 is 2.12 bits per heavy atom. The van der Waals surface area contributed by atoms with Gasteiger partial charge in [-0.3, -0.25) is 0 Å². The van der Waals surface area contributed by atoms with Gasteiger partial charge in [-0.25, -0.2) is 4.79 Å². The van der Waals surface area contributed by atoms with Crippen LogP contribution in [0.5, 0.6) is 0 Å². The topological polar surface area (TPSA) is 38.3 Å². The number of nitrogens with one attached hydrogen (secondary N) is 1. The van der Waals surface area contributed by atoms with E-state index in [0.717, 1.165) is 5.56 Å². The minimum atomic E-state index is -0.415. The second-order valence-corrected chi connectivity index (χ2v) is 4.13. The molecule has 0 bridgehead atoms. The molecule has 16 heavy (non-hydrogen) atoms. The van der Waals surface area contributed by atoms with Crippen LogP contribution in [0.15, 0.2) is 18.2 Å². The second kappa shape index (κ2) is 5.62. The van der Waals surface area contributed by atoms with Crippen molar-refractivity contribution in [3.63, 3.8) is 0 Å². The van der Waals surface area contributed by atoms with E-state index >= 15 is 0 Å². The van der Waals surface area contributed by atoms with Gasteiger partial charge in [0.2, 0.25) is 0 Å². The predicted molar refractivity (Wildman–Crippen MR) is 65.6 cm³/mol. The van der Waals surface area contributed by atoms with E-state index in [1.807, 2.05) is 0 Å². The first-order chi connectivity index (χ1) is 7.16. The van der Waals surface area contributed by atoms with E-state index in [-0.39, 0.29) is 18.4 Å². The largest absolute Gasteiger partial charge is 0.449 e. The summed E-state index contributed by atoms with van der Waals surface area (Å²) in [6, 6.07) is 5.09. The molecule has 1 aromatic rings. The van der Waals surface area contributed by atoms with Crippen LogP contribution in [0.3, 0.4) is 0 Å². The van der Waals surface area contributed by atoms with Crippen molar-refractivity contribution in [3.05, 3.63) is 33.8 Å². The molecule has 1 atom stereocenters. The second-order valence-electron chi connectivity index (χ2n) is 3.29. The molecule has 3 nitrogen and oxygen atoms in total. The highest BCUT2D eigenvalue weighted by molar-refractivity contribution is 6.33. The molecule has 0 aromatic heterocycles. The molecule has 0 spiro atoms. The quantitative estimate of drug-likeness (QED) is 0.855. The Kier molecular flexibility index (Phi) is 4.71. The highest BCUT2D eigenvalue weighted by atomic mass is 35.5. The number of benzene rings is 1. The molecule has 88 valence electrons. The number of amides is 1. The number of cyclic esters (lactones) is 1. The lowest BCUT2D eigenvalue weighted by molar-refractivity contribution is 0.115. The molecule has 2 rings (SSSR count). The zero-order valence-corrected chi connectivity index (χ0v) is 10.5. The molecule has 6 heteroatoms. The molecular weight excluding hydrogens is 272 g/mol. The molecule has 1 saturated heterocycles. The van der Waals surface area contributed by atoms with Gasteiger partial charge in [0.1, 0.15) is 0 Å². The Hall–Kier alpha value is -0.640. The lowest BCUT2D eigenvalue weighted by Gasteiger charge is -2.24. The fraction of sp³-hybridized carbons (Fsp3) is 0.300. The zero-order valence-electron chi connectivity index (χ0n) is 8.20. The van der Waals surface area contributed by atoms with E-state index in [0.29, 0.717) is 23.1 Å². The molecule has 1 aliphatic heterocycles. The first kappa shape index (κ1) is 13.4. The number of hydrogen-bond acceptors (Lipinski definition) is 2. The van der Waals surface area contributed by atoms with E-state index < -0.39 is 6.09 Å². The van der Waals surface area contributed by atoms with Gasteiger partial charge in [-0.2, -0.15) is 0 Å². The maximum atomic E-state index is 11.0. The van der Waals surface area contributed by atoms with Gasteiger partial charge in [-0.05, 0) is 23.8 Å². The lowest BCUT2D eigenvalue weighted by Crippen LogP contribution is -2.35. The van der Waals surface area contributed by atoms with Crippen LogP contribution in [0.25, 0.3) is 0 Å². The molecule has 1 amide bonds. The first-order valence-corrected chi connectivity index (χ1v) is 5.30. The summed E-state index contributed by atoms with van der Waals surface area (Å²) in [5.74, 6) is 0. The Morgan fingerprint density at radius 1 is 1.38 bits per heavy atom. The summed E-state index contributed by atoms with van der Waals surface area (Å²) in [6.07, 6.45) is 0.286. The van der Waals surface area contributed by atoms with Crippen LogP contribution in [0, 0.1) is 0 Å². The smallest absolute Gasteiger partial charge is 0.407 e. The summed E-state index contributed by atoms with van der Waals surface area (Å²) in [4.78, 5) is 11.0. The van der Waals surface area contributed by atoms with Crippen LogP contribution in [-0.4, -0.2) is 12.7 Å². The molecule has 1 aliphatic rings. The number of ether oxygens (including phenoxy) is 1. The number of hydrogen-bond donors (Lipinski definition) is 1. The normalized spacial score (nSPS) is 19.4. The summed E-state index contributed by atoms with van der Waals surface area (Å²) in [7, 11) is 0. The van der Waals surface area contributed by atoms with Crippen molar-refractivity contribution in [1.82, 2.24) is 5.32 Å². The highest BCUT2D eigenvalue weighted by Crippen LogP contribution is 2.29. The van der Waals surface area contributed by atoms with Crippen molar-refractivity contribution in [2.75, 3.05) is 6.61 Å². The van der Waals surface area contributed by atoms with Crippen LogP contribution in [0.1, 0.15) is 18.0 Å². The van der Waals surface area contributed by atoms with Gasteiger partial charge < -0.3 is 10.1 Å². The number of carbonyl (C=O) groups excluding carboxylic acids is 1. The average molecular weight is 283 g/mol. The van der Waals surface area contributed by atoms with Crippen molar-refractivity contribution in [2.24, 2.45) is 0 Å². The molecular formula is C10H10Cl3NO2. The van der Waals surface area contributed by atoms with E-state index in [2.05, 4.69) is 5.32 Å². The summed E-state index contributed by atoms with van der Waals surface area (Å²) in [6.45, 7) is 0.402. The monoisotopic (exact) mass is 281 g/mol. The van der Waals surface area contributed by atoms with E-state index in [4.69, 9.17) is 27.9 Å². The Balaban J connectivity index is 0.00000128. The van der Waals surface area contributed by atoms with Gasteiger partial charge in [-0.15, -0.1) is 12.4 Å². The molecule has 0 aliphatic carbocycles. The third kappa shape index (κ3) is 2.94. The molecule has 1 N–H and O–H groups in total. The first-order valence-electron chi connectivity index (χ1n) is 4.55. The van der Waals surface area contributed by atoms with Gasteiger partial charge in [0.05, 0.1) is 12.6 Å². The average Bonchev–Trinajstić information content (AvgIpc) is 2.22. The molecule has 0 saturated carbocycles. The molecule has 1 aromatic carbocycles. The van der Waals surface area contributed by atoms with Crippen molar-refractivity contribution in [2.45, 2.75) is 12.5 Å². The van der Waals surface area contributed by atoms with Crippen molar-refractivity contribution in [3.8, 4) is 0 Å². The van der Waals surface area contributed by atoms with Crippen LogP contribution in [-0.2, 0) is 4.74 Å². The minimum Gasteiger partial charge on any atom is -0.449 e. The predicted octanol–water partition coefficient (Wildman–Crippen LogP) is 3.59. The Morgan fingerprint density at radius 3 is 2.81 bits per heavy atom. The van der Waals surface area contributed by atoms with Crippen LogP contribution < -0.4 is 5.32 Å². The van der Waals surface area contributed by atoms with E-state index in [9.17, 15) is 4.79 Å². The number of rotatable bonds is 1. The number of carbonyl (C=O) groups is 1. The maximum absolute atomic E-state index is 11.0. The molecule has 1 fully saturated rings. The van der Waals surface area contributed by atoms with E-state index in [1.165, 1.54) is 0 Å². The fourth-order valence-corrected chi connectivity index (χ4v) is 1.97. The van der Waals surface area contributed by atoms with Crippen molar-refractivity contribution in [1.29, 1.82) is 0 Å². The van der Waals surface area contributed by atoms with Gasteiger partial charge in [0.15, 0.2) is 0 Å². The van der Waals surface area contributed by atoms with Crippen LogP contribution >= 0.6 is 35.6 Å². The standard InChI is InChI=1S/C10H9Cl2NO2.ClH/c11-6-1-2-8(12)7(5-6)9-3-4-15-10(14)13-9;/h1-2,5,9H,3-4H2,(H,13,14);1H/t9-;/m1./s1. The lowest BCUT2D eigenvalue weighted by atomic mass is 10.0. The molecule has 0 unspecified atom stereocenters. The minimum absolute atomic E-state index is 0. The van der Waals surface area contributed by atoms with Crippen LogP contribution in [0.2, 0.25) is 10.0 Å². The highest BCUT2D eigenvalue weighted by Gasteiger charge is 2.22. The van der Waals surface area contributed by atoms with Gasteiger partial charge in [-0.1, -0.05) is 23.2 Å². The summed E-state index contributed by atoms with van der Waals surface area (Å²) >= 11 is 11.9. The third-order valence-corrected chi connectivity index (χ3v) is 2.84. The van der Waals surface area contributed by atoms with Gasteiger partial charge in [0.25, 0.3) is 0 Å². The Bertz CT molecular complexity index is 398. The van der Waals surface area contributed by atoms with E-state index in [1.54, 1.807) is 18.2 Å². The SMILES string of the molecule is Cl.O=C1N[C@@H](c2cc(Cl)ccc2Cl)CCO1. The van der Waals surface area contributed by atoms with Crippen molar-refractivity contribution >= 4 is 41.7 Å². The maximum Gasteiger partial charge on any atom is 0.407 e. The molecule has 1 heterocycles. The number of alkyl carbamates (subject to hydrolysis) is 1. The zero-order chi connectivity index (χ0) is 10.8. The van der Waals surface area contributed by atoms with Gasteiger partial charge >= 0.3 is 6.09 Å². The third-order valence-electron chi connectivity index (χ3n) is 2.27. The van der Waals surface area contributed by atoms with Crippen LogP contribution in [0.4, 0.5) is 4.79 Å². The summed E-state index contributed by atoms with van der Waals surface area (Å²) < 4.78 is 4.77. The van der Waals surface area contributed by atoms with Crippen molar-refractivity contribution < 1.29 is 9.53 Å². The summed E-state index contributed by atoms with van der Waals surface area (Å²) in [5, 5.41) is 3.91. The molecule has 0 radical (unpaired) electrons. The van der Waals surface area contributed by atoms with Gasteiger partial charge in [0, 0.05) is 16.5 Å².